The molecule has 1 aliphatic heterocycles. The van der Waals surface area contributed by atoms with E-state index in [2.05, 4.69) is 28.6 Å². The summed E-state index contributed by atoms with van der Waals surface area (Å²) >= 11 is 5.91. The molecule has 0 aromatic carbocycles. The minimum absolute atomic E-state index is 0.589. The lowest BCUT2D eigenvalue weighted by Crippen LogP contribution is -2.46. The van der Waals surface area contributed by atoms with E-state index in [9.17, 15) is 0 Å². The van der Waals surface area contributed by atoms with Crippen LogP contribution in [0.2, 0.25) is 5.15 Å². The summed E-state index contributed by atoms with van der Waals surface area (Å²) in [5, 5.41) is 0.589. The third-order valence-corrected chi connectivity index (χ3v) is 3.49. The Morgan fingerprint density at radius 3 is 2.50 bits per heavy atom. The predicted molar refractivity (Wildman–Crippen MR) is 75.8 cm³/mol. The minimum atomic E-state index is 0.589. The van der Waals surface area contributed by atoms with Crippen molar-refractivity contribution in [3.8, 4) is 0 Å². The average Bonchev–Trinajstić information content (AvgIpc) is 2.31. The maximum atomic E-state index is 5.91. The van der Waals surface area contributed by atoms with E-state index >= 15 is 0 Å². The molecule has 100 valence electrons. The van der Waals surface area contributed by atoms with Gasteiger partial charge in [-0.25, -0.2) is 4.98 Å². The number of hydrogen-bond donors (Lipinski definition) is 0. The van der Waals surface area contributed by atoms with Crippen molar-refractivity contribution in [1.29, 1.82) is 0 Å². The third kappa shape index (κ3) is 4.23. The molecule has 0 amide bonds. The molecule has 0 atom stereocenters. The van der Waals surface area contributed by atoms with E-state index in [4.69, 9.17) is 11.6 Å². The molecule has 1 fully saturated rings. The van der Waals surface area contributed by atoms with Gasteiger partial charge in [0.05, 0.1) is 0 Å². The topological polar surface area (TPSA) is 19.4 Å². The van der Waals surface area contributed by atoms with E-state index in [1.807, 2.05) is 12.1 Å². The fraction of sp³-hybridized carbons (Fsp3) is 0.643. The van der Waals surface area contributed by atoms with Crippen molar-refractivity contribution in [2.45, 2.75) is 20.4 Å². The van der Waals surface area contributed by atoms with Crippen molar-refractivity contribution < 1.29 is 0 Å². The zero-order chi connectivity index (χ0) is 13.0. The number of rotatable bonds is 4. The summed E-state index contributed by atoms with van der Waals surface area (Å²) in [6.07, 6.45) is 1.78. The highest BCUT2D eigenvalue weighted by molar-refractivity contribution is 6.29. The first-order valence-corrected chi connectivity index (χ1v) is 7.06. The van der Waals surface area contributed by atoms with Gasteiger partial charge in [-0.05, 0) is 23.6 Å². The summed E-state index contributed by atoms with van der Waals surface area (Å²) in [6, 6.07) is 4.01. The molecule has 4 heteroatoms. The van der Waals surface area contributed by atoms with E-state index in [0.29, 0.717) is 5.15 Å². The summed E-state index contributed by atoms with van der Waals surface area (Å²) in [5.74, 6) is 0.760. The van der Waals surface area contributed by atoms with Crippen LogP contribution in [-0.4, -0.2) is 47.5 Å². The van der Waals surface area contributed by atoms with Crippen LogP contribution in [0, 0.1) is 5.92 Å². The number of hydrogen-bond acceptors (Lipinski definition) is 3. The summed E-state index contributed by atoms with van der Waals surface area (Å²) in [5.41, 5.74) is 1.26. The lowest BCUT2D eigenvalue weighted by Gasteiger charge is -2.35. The quantitative estimate of drug-likeness (QED) is 0.782. The molecule has 0 bridgehead atoms. The lowest BCUT2D eigenvalue weighted by molar-refractivity contribution is 0.117. The van der Waals surface area contributed by atoms with E-state index in [0.717, 1.165) is 25.6 Å². The first-order chi connectivity index (χ1) is 8.63. The summed E-state index contributed by atoms with van der Waals surface area (Å²) in [6.45, 7) is 11.4. The average molecular weight is 268 g/mol. The molecule has 1 saturated heterocycles. The van der Waals surface area contributed by atoms with E-state index in [1.54, 1.807) is 6.20 Å². The van der Waals surface area contributed by atoms with Crippen molar-refractivity contribution in [2.75, 3.05) is 32.7 Å². The van der Waals surface area contributed by atoms with Crippen molar-refractivity contribution in [3.63, 3.8) is 0 Å². The van der Waals surface area contributed by atoms with Gasteiger partial charge in [-0.1, -0.05) is 25.4 Å². The van der Waals surface area contributed by atoms with Gasteiger partial charge in [0.25, 0.3) is 0 Å². The molecule has 18 heavy (non-hydrogen) atoms. The van der Waals surface area contributed by atoms with E-state index < -0.39 is 0 Å². The molecule has 0 unspecified atom stereocenters. The maximum absolute atomic E-state index is 5.91. The number of piperazine rings is 1. The molecule has 3 nitrogen and oxygen atoms in total. The molecule has 1 aromatic rings. The van der Waals surface area contributed by atoms with Gasteiger partial charge in [0.15, 0.2) is 0 Å². The lowest BCUT2D eigenvalue weighted by atomic mass is 10.2. The number of pyridine rings is 1. The fourth-order valence-corrected chi connectivity index (χ4v) is 2.64. The Labute approximate surface area is 115 Å². The monoisotopic (exact) mass is 267 g/mol. The van der Waals surface area contributed by atoms with Crippen LogP contribution in [0.15, 0.2) is 18.3 Å². The molecule has 0 aliphatic carbocycles. The van der Waals surface area contributed by atoms with E-state index in [-0.39, 0.29) is 0 Å². The second-order valence-corrected chi connectivity index (χ2v) is 5.84. The van der Waals surface area contributed by atoms with Gasteiger partial charge in [0.2, 0.25) is 0 Å². The Morgan fingerprint density at radius 2 is 1.89 bits per heavy atom. The Morgan fingerprint density at radius 1 is 1.22 bits per heavy atom. The Kier molecular flexibility index (Phi) is 4.98. The Hall–Kier alpha value is -0.640. The molecule has 0 spiro atoms. The van der Waals surface area contributed by atoms with Crippen molar-refractivity contribution in [2.24, 2.45) is 5.92 Å². The number of halogens is 1. The zero-order valence-corrected chi connectivity index (χ0v) is 12.0. The molecule has 2 heterocycles. The molecule has 0 N–H and O–H groups in total. The second kappa shape index (κ2) is 6.50. The largest absolute Gasteiger partial charge is 0.301 e. The molecule has 0 radical (unpaired) electrons. The van der Waals surface area contributed by atoms with Crippen LogP contribution in [0.4, 0.5) is 0 Å². The van der Waals surface area contributed by atoms with Gasteiger partial charge in [-0.3, -0.25) is 4.90 Å². The van der Waals surface area contributed by atoms with Gasteiger partial charge in [0.1, 0.15) is 5.15 Å². The van der Waals surface area contributed by atoms with Gasteiger partial charge < -0.3 is 4.90 Å². The molecule has 2 rings (SSSR count). The molecule has 0 saturated carbocycles. The highest BCUT2D eigenvalue weighted by Crippen LogP contribution is 2.12. The Bertz CT molecular complexity index is 373. The van der Waals surface area contributed by atoms with Gasteiger partial charge >= 0.3 is 0 Å². The van der Waals surface area contributed by atoms with Crippen LogP contribution in [0.5, 0.6) is 0 Å². The summed E-state index contributed by atoms with van der Waals surface area (Å²) in [4.78, 5) is 9.06. The third-order valence-electron chi connectivity index (χ3n) is 3.29. The van der Waals surface area contributed by atoms with Gasteiger partial charge in [-0.15, -0.1) is 0 Å². The standard InChI is InChI=1S/C14H22ClN3/c1-12(2)10-17-5-7-18(8-6-17)11-13-3-4-16-14(15)9-13/h3-4,9,12H,5-8,10-11H2,1-2H3. The van der Waals surface area contributed by atoms with Gasteiger partial charge in [0, 0.05) is 45.5 Å². The fourth-order valence-electron chi connectivity index (χ4n) is 2.45. The smallest absolute Gasteiger partial charge is 0.129 e. The van der Waals surface area contributed by atoms with Crippen LogP contribution in [-0.2, 0) is 6.54 Å². The second-order valence-electron chi connectivity index (χ2n) is 5.46. The minimum Gasteiger partial charge on any atom is -0.301 e. The Balaban J connectivity index is 1.80. The summed E-state index contributed by atoms with van der Waals surface area (Å²) in [7, 11) is 0. The van der Waals surface area contributed by atoms with Crippen molar-refractivity contribution >= 4 is 11.6 Å². The van der Waals surface area contributed by atoms with Crippen LogP contribution < -0.4 is 0 Å². The highest BCUT2D eigenvalue weighted by Gasteiger charge is 2.17. The number of nitrogens with zero attached hydrogens (tertiary/aromatic N) is 3. The molecular weight excluding hydrogens is 246 g/mol. The maximum Gasteiger partial charge on any atom is 0.129 e. The molecule has 1 aromatic heterocycles. The van der Waals surface area contributed by atoms with Crippen LogP contribution in [0.25, 0.3) is 0 Å². The van der Waals surface area contributed by atoms with Crippen molar-refractivity contribution in [1.82, 2.24) is 14.8 Å². The predicted octanol–water partition coefficient (Wildman–Crippen LogP) is 2.51. The van der Waals surface area contributed by atoms with Crippen LogP contribution >= 0.6 is 11.6 Å². The summed E-state index contributed by atoms with van der Waals surface area (Å²) < 4.78 is 0. The van der Waals surface area contributed by atoms with Crippen molar-refractivity contribution in [3.05, 3.63) is 29.0 Å². The normalized spacial score (nSPS) is 18.4. The van der Waals surface area contributed by atoms with Gasteiger partial charge in [-0.2, -0.15) is 0 Å². The molecule has 1 aliphatic rings. The first kappa shape index (κ1) is 13.8. The van der Waals surface area contributed by atoms with Crippen LogP contribution in [0.1, 0.15) is 19.4 Å². The zero-order valence-electron chi connectivity index (χ0n) is 11.3. The SMILES string of the molecule is CC(C)CN1CCN(Cc2ccnc(Cl)c2)CC1. The van der Waals surface area contributed by atoms with Crippen LogP contribution in [0.3, 0.4) is 0 Å². The number of aromatic nitrogens is 1. The first-order valence-electron chi connectivity index (χ1n) is 6.68. The van der Waals surface area contributed by atoms with E-state index in [1.165, 1.54) is 25.2 Å². The highest BCUT2D eigenvalue weighted by atomic mass is 35.5. The molecular formula is C14H22ClN3.